The number of ether oxygens (including phenoxy) is 2. The van der Waals surface area contributed by atoms with Crippen molar-refractivity contribution in [3.05, 3.63) is 90.0 Å². The Morgan fingerprint density at radius 3 is 2.46 bits per heavy atom. The molecule has 5 heteroatoms. The summed E-state index contributed by atoms with van der Waals surface area (Å²) in [6.07, 6.45) is 3.02. The van der Waals surface area contributed by atoms with E-state index >= 15 is 0 Å². The highest BCUT2D eigenvalue weighted by Gasteiger charge is 2.02. The van der Waals surface area contributed by atoms with E-state index in [1.54, 1.807) is 30.3 Å². The quantitative estimate of drug-likeness (QED) is 0.591. The third-order valence-electron chi connectivity index (χ3n) is 4.00. The van der Waals surface area contributed by atoms with Crippen molar-refractivity contribution in [3.63, 3.8) is 0 Å². The Balaban J connectivity index is 1.53. The summed E-state index contributed by atoms with van der Waals surface area (Å²) >= 11 is 0. The SMILES string of the molecule is COc1ccc(C=CC(=O)Nc2ccc(OCc3ccccc3)cc2)cc1O. The number of nitrogens with one attached hydrogen (secondary N) is 1. The maximum atomic E-state index is 12.1. The summed E-state index contributed by atoms with van der Waals surface area (Å²) in [5.41, 5.74) is 2.45. The summed E-state index contributed by atoms with van der Waals surface area (Å²) in [4.78, 5) is 12.1. The van der Waals surface area contributed by atoms with Gasteiger partial charge in [-0.05, 0) is 53.6 Å². The number of anilines is 1. The number of rotatable bonds is 7. The lowest BCUT2D eigenvalue weighted by molar-refractivity contribution is -0.111. The highest BCUT2D eigenvalue weighted by atomic mass is 16.5. The lowest BCUT2D eigenvalue weighted by atomic mass is 10.2. The molecule has 0 aliphatic carbocycles. The molecule has 2 N–H and O–H groups in total. The zero-order valence-corrected chi connectivity index (χ0v) is 15.5. The first-order valence-electron chi connectivity index (χ1n) is 8.77. The molecule has 3 aromatic rings. The van der Waals surface area contributed by atoms with Crippen molar-refractivity contribution in [1.82, 2.24) is 0 Å². The van der Waals surface area contributed by atoms with Gasteiger partial charge in [-0.25, -0.2) is 0 Å². The molecule has 0 fully saturated rings. The Kier molecular flexibility index (Phi) is 6.31. The molecule has 3 aromatic carbocycles. The number of hydrogen-bond acceptors (Lipinski definition) is 4. The molecule has 3 rings (SSSR count). The highest BCUT2D eigenvalue weighted by molar-refractivity contribution is 6.01. The molecule has 0 unspecified atom stereocenters. The summed E-state index contributed by atoms with van der Waals surface area (Å²) in [7, 11) is 1.48. The number of phenols is 1. The molecule has 142 valence electrons. The van der Waals surface area contributed by atoms with E-state index in [0.717, 1.165) is 11.3 Å². The molecule has 0 atom stereocenters. The molecule has 0 heterocycles. The molecule has 1 amide bonds. The topological polar surface area (TPSA) is 67.8 Å². The second-order valence-corrected chi connectivity index (χ2v) is 6.05. The number of aromatic hydroxyl groups is 1. The van der Waals surface area contributed by atoms with E-state index in [-0.39, 0.29) is 11.7 Å². The van der Waals surface area contributed by atoms with E-state index in [2.05, 4.69) is 5.32 Å². The van der Waals surface area contributed by atoms with Gasteiger partial charge >= 0.3 is 0 Å². The van der Waals surface area contributed by atoms with Gasteiger partial charge in [-0.3, -0.25) is 4.79 Å². The Morgan fingerprint density at radius 2 is 1.79 bits per heavy atom. The van der Waals surface area contributed by atoms with Crippen LogP contribution in [0.15, 0.2) is 78.9 Å². The fourth-order valence-electron chi connectivity index (χ4n) is 2.54. The standard InChI is InChI=1S/C23H21NO4/c1-27-22-13-7-17(15-21(22)25)8-14-23(26)24-19-9-11-20(12-10-19)28-16-18-5-3-2-4-6-18/h2-15,25H,16H2,1H3,(H,24,26). The van der Waals surface area contributed by atoms with Crippen LogP contribution in [-0.2, 0) is 11.4 Å². The van der Waals surface area contributed by atoms with Crippen LogP contribution in [0.5, 0.6) is 17.2 Å². The molecule has 0 aromatic heterocycles. The number of benzene rings is 3. The Labute approximate surface area is 163 Å². The second kappa shape index (κ2) is 9.28. The van der Waals surface area contributed by atoms with E-state index in [4.69, 9.17) is 9.47 Å². The van der Waals surface area contributed by atoms with Crippen LogP contribution >= 0.6 is 0 Å². The van der Waals surface area contributed by atoms with Crippen LogP contribution in [0.2, 0.25) is 0 Å². The summed E-state index contributed by atoms with van der Waals surface area (Å²) in [6, 6.07) is 22.0. The predicted molar refractivity (Wildman–Crippen MR) is 110 cm³/mol. The molecule has 0 aliphatic heterocycles. The minimum atomic E-state index is -0.270. The summed E-state index contributed by atoms with van der Waals surface area (Å²) in [6.45, 7) is 0.490. The zero-order valence-electron chi connectivity index (χ0n) is 15.5. The van der Waals surface area contributed by atoms with Crippen molar-refractivity contribution in [3.8, 4) is 17.2 Å². The lowest BCUT2D eigenvalue weighted by Gasteiger charge is -2.08. The average molecular weight is 375 g/mol. The molecule has 0 radical (unpaired) electrons. The van der Waals surface area contributed by atoms with Crippen LogP contribution < -0.4 is 14.8 Å². The van der Waals surface area contributed by atoms with Gasteiger partial charge in [0.2, 0.25) is 5.91 Å². The maximum absolute atomic E-state index is 12.1. The van der Waals surface area contributed by atoms with Crippen LogP contribution in [0.3, 0.4) is 0 Å². The van der Waals surface area contributed by atoms with E-state index < -0.39 is 0 Å². The monoisotopic (exact) mass is 375 g/mol. The van der Waals surface area contributed by atoms with Crippen LogP contribution in [-0.4, -0.2) is 18.1 Å². The number of hydrogen-bond donors (Lipinski definition) is 2. The van der Waals surface area contributed by atoms with E-state index in [1.807, 2.05) is 42.5 Å². The number of carbonyl (C=O) groups excluding carboxylic acids is 1. The number of phenolic OH excluding ortho intramolecular Hbond substituents is 1. The van der Waals surface area contributed by atoms with Crippen molar-refractivity contribution in [2.24, 2.45) is 0 Å². The Bertz CT molecular complexity index is 950. The molecule has 28 heavy (non-hydrogen) atoms. The van der Waals surface area contributed by atoms with Gasteiger partial charge in [0.25, 0.3) is 0 Å². The van der Waals surface area contributed by atoms with Crippen molar-refractivity contribution < 1.29 is 19.4 Å². The Morgan fingerprint density at radius 1 is 1.04 bits per heavy atom. The molecule has 0 saturated heterocycles. The first-order valence-corrected chi connectivity index (χ1v) is 8.77. The average Bonchev–Trinajstić information content (AvgIpc) is 2.72. The van der Waals surface area contributed by atoms with Gasteiger partial charge in [-0.1, -0.05) is 36.4 Å². The highest BCUT2D eigenvalue weighted by Crippen LogP contribution is 2.26. The van der Waals surface area contributed by atoms with Crippen molar-refractivity contribution in [1.29, 1.82) is 0 Å². The molecule has 0 bridgehead atoms. The van der Waals surface area contributed by atoms with Crippen LogP contribution in [0, 0.1) is 0 Å². The van der Waals surface area contributed by atoms with Gasteiger partial charge in [-0.15, -0.1) is 0 Å². The van der Waals surface area contributed by atoms with E-state index in [9.17, 15) is 9.90 Å². The van der Waals surface area contributed by atoms with E-state index in [1.165, 1.54) is 19.3 Å². The van der Waals surface area contributed by atoms with E-state index in [0.29, 0.717) is 23.6 Å². The third kappa shape index (κ3) is 5.38. The van der Waals surface area contributed by atoms with Gasteiger partial charge in [0, 0.05) is 11.8 Å². The van der Waals surface area contributed by atoms with Crippen molar-refractivity contribution in [2.45, 2.75) is 6.61 Å². The zero-order chi connectivity index (χ0) is 19.8. The minimum absolute atomic E-state index is 0.0242. The molecule has 0 aliphatic rings. The van der Waals surface area contributed by atoms with Crippen molar-refractivity contribution in [2.75, 3.05) is 12.4 Å². The van der Waals surface area contributed by atoms with Gasteiger partial charge < -0.3 is 19.9 Å². The van der Waals surface area contributed by atoms with Gasteiger partial charge in [0.15, 0.2) is 11.5 Å². The second-order valence-electron chi connectivity index (χ2n) is 6.05. The Hall–Kier alpha value is -3.73. The largest absolute Gasteiger partial charge is 0.504 e. The number of carbonyl (C=O) groups is 1. The molecule has 0 spiro atoms. The molecular weight excluding hydrogens is 354 g/mol. The van der Waals surface area contributed by atoms with Crippen LogP contribution in [0.25, 0.3) is 6.08 Å². The van der Waals surface area contributed by atoms with Gasteiger partial charge in [0.05, 0.1) is 7.11 Å². The fourth-order valence-corrected chi connectivity index (χ4v) is 2.54. The summed E-state index contributed by atoms with van der Waals surface area (Å²) < 4.78 is 10.7. The van der Waals surface area contributed by atoms with Crippen molar-refractivity contribution >= 4 is 17.7 Å². The molecule has 5 nitrogen and oxygen atoms in total. The van der Waals surface area contributed by atoms with Gasteiger partial charge in [0.1, 0.15) is 12.4 Å². The lowest BCUT2D eigenvalue weighted by Crippen LogP contribution is -2.07. The number of amides is 1. The first-order chi connectivity index (χ1) is 13.6. The van der Waals surface area contributed by atoms with Crippen LogP contribution in [0.1, 0.15) is 11.1 Å². The molecule has 0 saturated carbocycles. The molecular formula is C23H21NO4. The predicted octanol–water partition coefficient (Wildman–Crippen LogP) is 4.63. The van der Waals surface area contributed by atoms with Crippen LogP contribution in [0.4, 0.5) is 5.69 Å². The maximum Gasteiger partial charge on any atom is 0.248 e. The normalized spacial score (nSPS) is 10.6. The fraction of sp³-hybridized carbons (Fsp3) is 0.0870. The first kappa shape index (κ1) is 19.0. The minimum Gasteiger partial charge on any atom is -0.504 e. The summed E-state index contributed by atoms with van der Waals surface area (Å²) in [5, 5.41) is 12.5. The van der Waals surface area contributed by atoms with Gasteiger partial charge in [-0.2, -0.15) is 0 Å². The third-order valence-corrected chi connectivity index (χ3v) is 4.00. The number of methoxy groups -OCH3 is 1. The summed E-state index contributed by atoms with van der Waals surface area (Å²) in [5.74, 6) is 0.867. The smallest absolute Gasteiger partial charge is 0.248 e.